The number of nitrogens with zero attached hydrogens (tertiary/aromatic N) is 5. The van der Waals surface area contributed by atoms with E-state index in [9.17, 15) is 13.2 Å². The molecule has 220 valence electrons. The molecule has 7 nitrogen and oxygen atoms in total. The van der Waals surface area contributed by atoms with Crippen molar-refractivity contribution in [2.45, 2.75) is 71.1 Å². The van der Waals surface area contributed by atoms with Gasteiger partial charge in [-0.1, -0.05) is 6.07 Å². The predicted molar refractivity (Wildman–Crippen MR) is 148 cm³/mol. The van der Waals surface area contributed by atoms with Gasteiger partial charge in [0.1, 0.15) is 18.1 Å². The zero-order valence-electron chi connectivity index (χ0n) is 23.9. The Labute approximate surface area is 237 Å². The summed E-state index contributed by atoms with van der Waals surface area (Å²) in [6.45, 7) is 8.58. The minimum atomic E-state index is -3.55. The Morgan fingerprint density at radius 2 is 1.78 bits per heavy atom. The third-order valence-electron chi connectivity index (χ3n) is 7.42. The number of benzene rings is 1. The van der Waals surface area contributed by atoms with Crippen LogP contribution >= 0.6 is 0 Å². The number of alkyl halides is 2. The van der Waals surface area contributed by atoms with Gasteiger partial charge in [0.15, 0.2) is 17.4 Å². The summed E-state index contributed by atoms with van der Waals surface area (Å²) in [4.78, 5) is 16.9. The highest BCUT2D eigenvalue weighted by Crippen LogP contribution is 2.44. The topological polar surface area (TPSA) is 63.6 Å². The van der Waals surface area contributed by atoms with Gasteiger partial charge in [-0.25, -0.2) is 23.7 Å². The Bertz CT molecular complexity index is 1410. The number of ether oxygens (including phenoxy) is 2. The van der Waals surface area contributed by atoms with Crippen LogP contribution in [0, 0.1) is 11.6 Å². The molecule has 5 rings (SSSR count). The van der Waals surface area contributed by atoms with Crippen LogP contribution in [0.1, 0.15) is 63.5 Å². The molecule has 0 radical (unpaired) electrons. The molecule has 0 N–H and O–H groups in total. The van der Waals surface area contributed by atoms with Crippen molar-refractivity contribution in [3.8, 4) is 22.9 Å². The first-order valence-corrected chi connectivity index (χ1v) is 13.9. The van der Waals surface area contributed by atoms with Crippen LogP contribution in [0.15, 0.2) is 30.5 Å². The lowest BCUT2D eigenvalue weighted by molar-refractivity contribution is -0.174. The molecule has 0 unspecified atom stereocenters. The second-order valence-corrected chi connectivity index (χ2v) is 11.4. The van der Waals surface area contributed by atoms with E-state index in [2.05, 4.69) is 26.7 Å². The van der Waals surface area contributed by atoms with Gasteiger partial charge >= 0.3 is 6.11 Å². The molecule has 0 spiro atoms. The summed E-state index contributed by atoms with van der Waals surface area (Å²) in [5.74, 6) is -1.15. The van der Waals surface area contributed by atoms with E-state index in [1.165, 1.54) is 11.0 Å². The van der Waals surface area contributed by atoms with Crippen molar-refractivity contribution in [3.63, 3.8) is 0 Å². The lowest BCUT2D eigenvalue weighted by Gasteiger charge is -2.38. The van der Waals surface area contributed by atoms with E-state index < -0.39 is 30.0 Å². The minimum Gasteiger partial charge on any atom is -0.475 e. The molecule has 1 aromatic carbocycles. The molecular formula is C30H35F4N5O2. The number of halogens is 4. The minimum absolute atomic E-state index is 0.0651. The fourth-order valence-electron chi connectivity index (χ4n) is 5.35. The van der Waals surface area contributed by atoms with Crippen molar-refractivity contribution in [1.29, 1.82) is 0 Å². The Morgan fingerprint density at radius 1 is 1.05 bits per heavy atom. The van der Waals surface area contributed by atoms with Crippen molar-refractivity contribution in [1.82, 2.24) is 19.9 Å². The molecule has 0 bridgehead atoms. The summed E-state index contributed by atoms with van der Waals surface area (Å²) < 4.78 is 69.1. The molecule has 2 aliphatic rings. The lowest BCUT2D eigenvalue weighted by Crippen LogP contribution is -2.48. The van der Waals surface area contributed by atoms with Crippen molar-refractivity contribution >= 4 is 5.69 Å². The van der Waals surface area contributed by atoms with E-state index in [0.29, 0.717) is 17.5 Å². The molecule has 2 aromatic heterocycles. The predicted octanol–water partition coefficient (Wildman–Crippen LogP) is 6.20. The maximum absolute atomic E-state index is 15.1. The van der Waals surface area contributed by atoms with E-state index in [4.69, 9.17) is 9.72 Å². The smallest absolute Gasteiger partial charge is 0.416 e. The van der Waals surface area contributed by atoms with Crippen LogP contribution in [0.2, 0.25) is 0 Å². The van der Waals surface area contributed by atoms with Gasteiger partial charge < -0.3 is 19.3 Å². The molecular weight excluding hydrogens is 538 g/mol. The van der Waals surface area contributed by atoms with E-state index in [0.717, 1.165) is 43.8 Å². The maximum atomic E-state index is 15.1. The van der Waals surface area contributed by atoms with Crippen molar-refractivity contribution < 1.29 is 27.0 Å². The third kappa shape index (κ3) is 6.39. The number of piperidine rings is 1. The van der Waals surface area contributed by atoms with Crippen molar-refractivity contribution in [2.24, 2.45) is 0 Å². The third-order valence-corrected chi connectivity index (χ3v) is 7.42. The second-order valence-electron chi connectivity index (χ2n) is 11.4. The fraction of sp³-hybridized carbons (Fsp3) is 0.500. The summed E-state index contributed by atoms with van der Waals surface area (Å²) in [7, 11) is 2.12. The highest BCUT2D eigenvalue weighted by atomic mass is 19.3. The van der Waals surface area contributed by atoms with Gasteiger partial charge in [-0.2, -0.15) is 8.78 Å². The Kier molecular flexibility index (Phi) is 8.09. The van der Waals surface area contributed by atoms with Gasteiger partial charge in [0.2, 0.25) is 5.88 Å². The van der Waals surface area contributed by atoms with Crippen LogP contribution in [0.5, 0.6) is 11.6 Å². The molecule has 2 aliphatic heterocycles. The summed E-state index contributed by atoms with van der Waals surface area (Å²) >= 11 is 0. The summed E-state index contributed by atoms with van der Waals surface area (Å²) in [6, 6.07) is 5.94. The number of fused-ring (bicyclic) bond motifs is 1. The van der Waals surface area contributed by atoms with E-state index in [1.54, 1.807) is 13.8 Å². The number of rotatable bonds is 7. The molecule has 0 aliphatic carbocycles. The highest BCUT2D eigenvalue weighted by molar-refractivity contribution is 5.72. The highest BCUT2D eigenvalue weighted by Gasteiger charge is 2.43. The molecule has 1 fully saturated rings. The number of hydrogen-bond acceptors (Lipinski definition) is 7. The second kappa shape index (κ2) is 11.4. The molecule has 0 saturated carbocycles. The molecule has 1 saturated heterocycles. The number of hydrogen-bond donors (Lipinski definition) is 0. The number of aromatic nitrogens is 3. The molecule has 0 amide bonds. The molecule has 11 heteroatoms. The standard InChI is InChI=1S/C30H35F4N5O2/c1-17(2)39-16-30(33,34)41-28-23(31)12-20(13-25(28)39)27-24(32)15-35-26(37-27)14-21-6-7-22(29(36-21)40-18(3)4)19-8-10-38(5)11-9-19/h6-7,12-13,15,17-19H,8-11,14,16H2,1-5H3. The average molecular weight is 574 g/mol. The first-order chi connectivity index (χ1) is 19.4. The summed E-state index contributed by atoms with van der Waals surface area (Å²) in [5.41, 5.74) is 1.79. The molecule has 41 heavy (non-hydrogen) atoms. The van der Waals surface area contributed by atoms with Gasteiger partial charge in [0.25, 0.3) is 0 Å². The van der Waals surface area contributed by atoms with Crippen LogP contribution < -0.4 is 14.4 Å². The van der Waals surface area contributed by atoms with Crippen LogP contribution in [-0.4, -0.2) is 64.8 Å². The summed E-state index contributed by atoms with van der Waals surface area (Å²) in [6.07, 6.45) is -0.366. The van der Waals surface area contributed by atoms with Gasteiger partial charge in [-0.15, -0.1) is 0 Å². The monoisotopic (exact) mass is 573 g/mol. The molecule has 3 aromatic rings. The van der Waals surface area contributed by atoms with Crippen molar-refractivity contribution in [2.75, 3.05) is 31.6 Å². The number of likely N-dealkylation sites (tertiary alicyclic amines) is 1. The fourth-order valence-corrected chi connectivity index (χ4v) is 5.35. The largest absolute Gasteiger partial charge is 0.475 e. The van der Waals surface area contributed by atoms with Gasteiger partial charge in [-0.3, -0.25) is 0 Å². The summed E-state index contributed by atoms with van der Waals surface area (Å²) in [5, 5.41) is 0. The first kappa shape index (κ1) is 29.0. The Hall–Kier alpha value is -3.47. The zero-order chi connectivity index (χ0) is 29.5. The number of anilines is 1. The van der Waals surface area contributed by atoms with E-state index in [1.807, 2.05) is 26.0 Å². The average Bonchev–Trinajstić information content (AvgIpc) is 2.90. The van der Waals surface area contributed by atoms with E-state index in [-0.39, 0.29) is 41.3 Å². The van der Waals surface area contributed by atoms with Crippen molar-refractivity contribution in [3.05, 3.63) is 59.2 Å². The Balaban J connectivity index is 1.46. The normalized spacial score (nSPS) is 17.6. The Morgan fingerprint density at radius 3 is 2.46 bits per heavy atom. The van der Waals surface area contributed by atoms with Crippen LogP contribution in [0.25, 0.3) is 11.3 Å². The number of pyridine rings is 1. The van der Waals surface area contributed by atoms with Crippen LogP contribution in [0.3, 0.4) is 0 Å². The first-order valence-electron chi connectivity index (χ1n) is 13.9. The SMILES string of the molecule is CC(C)Oc1nc(Cc2ncc(F)c(-c3cc(F)c4c(c3)N(C(C)C)CC(F)(F)O4)n2)ccc1C1CCN(C)CC1. The van der Waals surface area contributed by atoms with Crippen LogP contribution in [-0.2, 0) is 6.42 Å². The molecule has 0 atom stereocenters. The van der Waals surface area contributed by atoms with E-state index >= 15 is 4.39 Å². The van der Waals surface area contributed by atoms with Gasteiger partial charge in [0.05, 0.1) is 30.1 Å². The van der Waals surface area contributed by atoms with Gasteiger partial charge in [-0.05, 0) is 84.8 Å². The van der Waals surface area contributed by atoms with Gasteiger partial charge in [0, 0.05) is 17.2 Å². The maximum Gasteiger partial charge on any atom is 0.416 e. The lowest BCUT2D eigenvalue weighted by atomic mass is 9.90. The molecule has 4 heterocycles. The van der Waals surface area contributed by atoms with Crippen LogP contribution in [0.4, 0.5) is 23.2 Å². The zero-order valence-corrected chi connectivity index (χ0v) is 23.9. The quantitative estimate of drug-likeness (QED) is 0.312.